The summed E-state index contributed by atoms with van der Waals surface area (Å²) in [6, 6.07) is 10.8. The number of benzene rings is 1. The van der Waals surface area contributed by atoms with Gasteiger partial charge in [0.2, 0.25) is 0 Å². The molecular formula is C16H20N4. The number of aromatic nitrogens is 2. The minimum Gasteiger partial charge on any atom is -0.384 e. The molecule has 0 saturated carbocycles. The molecule has 0 amide bonds. The SMILES string of the molecule is CCCc1nc(N)cc(NC2Cc3ccccc3C2)n1. The summed E-state index contributed by atoms with van der Waals surface area (Å²) >= 11 is 0. The van der Waals surface area contributed by atoms with Gasteiger partial charge in [0.05, 0.1) is 0 Å². The zero-order chi connectivity index (χ0) is 13.9. The fourth-order valence-corrected chi connectivity index (χ4v) is 2.80. The third-order valence-corrected chi connectivity index (χ3v) is 3.67. The third kappa shape index (κ3) is 2.74. The van der Waals surface area contributed by atoms with Crippen LogP contribution in [0, 0.1) is 0 Å². The van der Waals surface area contributed by atoms with Gasteiger partial charge in [-0.1, -0.05) is 31.2 Å². The molecule has 0 spiro atoms. The van der Waals surface area contributed by atoms with E-state index in [2.05, 4.69) is 46.5 Å². The molecule has 1 aromatic carbocycles. The van der Waals surface area contributed by atoms with Crippen LogP contribution in [0.5, 0.6) is 0 Å². The molecule has 0 aliphatic heterocycles. The van der Waals surface area contributed by atoms with Crippen LogP contribution in [0.25, 0.3) is 0 Å². The fraction of sp³-hybridized carbons (Fsp3) is 0.375. The van der Waals surface area contributed by atoms with Crippen LogP contribution in [0.1, 0.15) is 30.3 Å². The van der Waals surface area contributed by atoms with E-state index in [0.717, 1.165) is 37.3 Å². The van der Waals surface area contributed by atoms with Crippen molar-refractivity contribution in [3.05, 3.63) is 47.3 Å². The average Bonchev–Trinajstić information content (AvgIpc) is 2.80. The highest BCUT2D eigenvalue weighted by molar-refractivity contribution is 5.47. The van der Waals surface area contributed by atoms with Crippen molar-refractivity contribution in [2.75, 3.05) is 11.1 Å². The molecule has 1 aromatic heterocycles. The van der Waals surface area contributed by atoms with Crippen LogP contribution < -0.4 is 11.1 Å². The number of aryl methyl sites for hydroxylation is 1. The number of nitrogens with zero attached hydrogens (tertiary/aromatic N) is 2. The monoisotopic (exact) mass is 268 g/mol. The molecule has 1 aliphatic carbocycles. The zero-order valence-corrected chi connectivity index (χ0v) is 11.8. The second-order valence-electron chi connectivity index (χ2n) is 5.36. The van der Waals surface area contributed by atoms with Gasteiger partial charge in [-0.3, -0.25) is 0 Å². The van der Waals surface area contributed by atoms with Gasteiger partial charge >= 0.3 is 0 Å². The number of anilines is 2. The molecule has 0 unspecified atom stereocenters. The lowest BCUT2D eigenvalue weighted by Crippen LogP contribution is -2.21. The lowest BCUT2D eigenvalue weighted by Gasteiger charge is -2.13. The summed E-state index contributed by atoms with van der Waals surface area (Å²) in [5.41, 5.74) is 8.72. The molecule has 0 atom stereocenters. The van der Waals surface area contributed by atoms with Gasteiger partial charge in [-0.25, -0.2) is 9.97 Å². The molecule has 4 heteroatoms. The molecule has 4 nitrogen and oxygen atoms in total. The molecule has 0 radical (unpaired) electrons. The molecule has 3 N–H and O–H groups in total. The second-order valence-corrected chi connectivity index (χ2v) is 5.36. The van der Waals surface area contributed by atoms with E-state index in [1.807, 2.05) is 6.07 Å². The van der Waals surface area contributed by atoms with Crippen molar-refractivity contribution in [2.24, 2.45) is 0 Å². The number of nitrogens with two attached hydrogens (primary N) is 1. The fourth-order valence-electron chi connectivity index (χ4n) is 2.80. The lowest BCUT2D eigenvalue weighted by molar-refractivity contribution is 0.761. The van der Waals surface area contributed by atoms with Crippen molar-refractivity contribution in [3.63, 3.8) is 0 Å². The van der Waals surface area contributed by atoms with Crippen LogP contribution in [0.3, 0.4) is 0 Å². The Labute approximate surface area is 119 Å². The highest BCUT2D eigenvalue weighted by Crippen LogP contribution is 2.24. The van der Waals surface area contributed by atoms with Crippen LogP contribution >= 0.6 is 0 Å². The van der Waals surface area contributed by atoms with Crippen molar-refractivity contribution in [1.82, 2.24) is 9.97 Å². The predicted molar refractivity (Wildman–Crippen MR) is 81.7 cm³/mol. The summed E-state index contributed by atoms with van der Waals surface area (Å²) in [7, 11) is 0. The maximum absolute atomic E-state index is 5.86. The Morgan fingerprint density at radius 1 is 1.20 bits per heavy atom. The first kappa shape index (κ1) is 12.9. The van der Waals surface area contributed by atoms with E-state index in [0.29, 0.717) is 11.9 Å². The number of rotatable bonds is 4. The standard InChI is InChI=1S/C16H20N4/c1-2-5-15-19-14(17)10-16(20-15)18-13-8-11-6-3-4-7-12(11)9-13/h3-4,6-7,10,13H,2,5,8-9H2,1H3,(H3,17,18,19,20). The molecule has 3 rings (SSSR count). The first-order chi connectivity index (χ1) is 9.74. The predicted octanol–water partition coefficient (Wildman–Crippen LogP) is 2.59. The van der Waals surface area contributed by atoms with E-state index >= 15 is 0 Å². The normalized spacial score (nSPS) is 14.2. The summed E-state index contributed by atoms with van der Waals surface area (Å²) in [6.07, 6.45) is 3.98. The van der Waals surface area contributed by atoms with Crippen molar-refractivity contribution in [2.45, 2.75) is 38.6 Å². The van der Waals surface area contributed by atoms with Gasteiger partial charge in [0, 0.05) is 18.5 Å². The molecule has 104 valence electrons. The van der Waals surface area contributed by atoms with E-state index in [4.69, 9.17) is 5.73 Å². The maximum atomic E-state index is 5.86. The topological polar surface area (TPSA) is 63.8 Å². The van der Waals surface area contributed by atoms with E-state index in [-0.39, 0.29) is 0 Å². The minimum absolute atomic E-state index is 0.399. The van der Waals surface area contributed by atoms with E-state index in [9.17, 15) is 0 Å². The number of nitrogen functional groups attached to an aromatic ring is 1. The highest BCUT2D eigenvalue weighted by atomic mass is 15.1. The summed E-state index contributed by atoms with van der Waals surface area (Å²) in [4.78, 5) is 8.81. The lowest BCUT2D eigenvalue weighted by atomic mass is 10.1. The van der Waals surface area contributed by atoms with Crippen molar-refractivity contribution in [3.8, 4) is 0 Å². The molecule has 1 aliphatic rings. The smallest absolute Gasteiger partial charge is 0.133 e. The Morgan fingerprint density at radius 3 is 2.55 bits per heavy atom. The number of nitrogens with one attached hydrogen (secondary N) is 1. The van der Waals surface area contributed by atoms with Gasteiger partial charge in [-0.05, 0) is 30.4 Å². The van der Waals surface area contributed by atoms with E-state index < -0.39 is 0 Å². The highest BCUT2D eigenvalue weighted by Gasteiger charge is 2.21. The van der Waals surface area contributed by atoms with Crippen LogP contribution in [-0.4, -0.2) is 16.0 Å². The zero-order valence-electron chi connectivity index (χ0n) is 11.8. The van der Waals surface area contributed by atoms with Crippen LogP contribution in [0.15, 0.2) is 30.3 Å². The Kier molecular flexibility index (Phi) is 3.54. The summed E-state index contributed by atoms with van der Waals surface area (Å²) in [5.74, 6) is 2.21. The van der Waals surface area contributed by atoms with E-state index in [1.54, 1.807) is 0 Å². The first-order valence-electron chi connectivity index (χ1n) is 7.21. The Bertz CT molecular complexity index is 584. The van der Waals surface area contributed by atoms with Gasteiger partial charge in [-0.2, -0.15) is 0 Å². The molecule has 0 fully saturated rings. The first-order valence-corrected chi connectivity index (χ1v) is 7.21. The van der Waals surface area contributed by atoms with Crippen molar-refractivity contribution < 1.29 is 0 Å². The molecule has 2 aromatic rings. The van der Waals surface area contributed by atoms with Gasteiger partial charge in [0.15, 0.2) is 0 Å². The largest absolute Gasteiger partial charge is 0.384 e. The Morgan fingerprint density at radius 2 is 1.90 bits per heavy atom. The Hall–Kier alpha value is -2.10. The van der Waals surface area contributed by atoms with Crippen LogP contribution in [-0.2, 0) is 19.3 Å². The number of hydrogen-bond acceptors (Lipinski definition) is 4. The Balaban J connectivity index is 1.73. The molecule has 0 saturated heterocycles. The van der Waals surface area contributed by atoms with Gasteiger partial charge in [-0.15, -0.1) is 0 Å². The third-order valence-electron chi connectivity index (χ3n) is 3.67. The van der Waals surface area contributed by atoms with Gasteiger partial charge in [0.25, 0.3) is 0 Å². The molecule has 1 heterocycles. The minimum atomic E-state index is 0.399. The van der Waals surface area contributed by atoms with Gasteiger partial charge < -0.3 is 11.1 Å². The maximum Gasteiger partial charge on any atom is 0.133 e. The van der Waals surface area contributed by atoms with E-state index in [1.165, 1.54) is 11.1 Å². The van der Waals surface area contributed by atoms with Crippen LogP contribution in [0.2, 0.25) is 0 Å². The quantitative estimate of drug-likeness (QED) is 0.894. The van der Waals surface area contributed by atoms with Gasteiger partial charge in [0.1, 0.15) is 17.5 Å². The average molecular weight is 268 g/mol. The van der Waals surface area contributed by atoms with Crippen LogP contribution in [0.4, 0.5) is 11.6 Å². The molecule has 0 bridgehead atoms. The van der Waals surface area contributed by atoms with Crippen molar-refractivity contribution >= 4 is 11.6 Å². The summed E-state index contributed by atoms with van der Waals surface area (Å²) in [5, 5.41) is 3.50. The number of fused-ring (bicyclic) bond motifs is 1. The second kappa shape index (κ2) is 5.49. The summed E-state index contributed by atoms with van der Waals surface area (Å²) < 4.78 is 0. The van der Waals surface area contributed by atoms with Crippen molar-refractivity contribution in [1.29, 1.82) is 0 Å². The molecule has 20 heavy (non-hydrogen) atoms. The number of hydrogen-bond donors (Lipinski definition) is 2. The summed E-state index contributed by atoms with van der Waals surface area (Å²) in [6.45, 7) is 2.12. The molecular weight excluding hydrogens is 248 g/mol.